The van der Waals surface area contributed by atoms with Crippen molar-refractivity contribution in [3.63, 3.8) is 0 Å². The highest BCUT2D eigenvalue weighted by Gasteiger charge is 2.40. The maximum Gasteiger partial charge on any atom is 0.411 e. The third-order valence-electron chi connectivity index (χ3n) is 8.15. The maximum atomic E-state index is 12.0. The zero-order valence-corrected chi connectivity index (χ0v) is 23.1. The van der Waals surface area contributed by atoms with E-state index in [1.807, 2.05) is 19.1 Å². The van der Waals surface area contributed by atoms with Crippen LogP contribution in [0, 0.1) is 23.2 Å². The molecule has 10 nitrogen and oxygen atoms in total. The molecule has 0 radical (unpaired) electrons. The van der Waals surface area contributed by atoms with E-state index < -0.39 is 17.6 Å². The molecule has 208 valence electrons. The molecule has 2 fully saturated rings. The predicted molar refractivity (Wildman–Crippen MR) is 148 cm³/mol. The second-order valence-corrected chi connectivity index (χ2v) is 11.5. The van der Waals surface area contributed by atoms with Crippen LogP contribution >= 0.6 is 11.6 Å². The zero-order chi connectivity index (χ0) is 27.7. The topological polar surface area (TPSA) is 149 Å². The molecule has 39 heavy (non-hydrogen) atoms. The minimum atomic E-state index is -1.25. The lowest BCUT2D eigenvalue weighted by Gasteiger charge is -2.36. The quantitative estimate of drug-likeness (QED) is 0.286. The molecule has 1 aromatic carbocycles. The van der Waals surface area contributed by atoms with Gasteiger partial charge in [-0.3, -0.25) is 5.41 Å². The fraction of sp³-hybridized carbons (Fsp3) is 0.536. The number of amides is 1. The molecule has 3 heterocycles. The van der Waals surface area contributed by atoms with Gasteiger partial charge in [0.1, 0.15) is 22.6 Å². The van der Waals surface area contributed by atoms with Gasteiger partial charge in [0.05, 0.1) is 0 Å². The molecular formula is C28H35ClN6O4. The van der Waals surface area contributed by atoms with E-state index in [1.54, 1.807) is 12.1 Å². The van der Waals surface area contributed by atoms with Crippen molar-refractivity contribution in [2.24, 2.45) is 23.5 Å². The molecule has 1 amide bonds. The minimum Gasteiger partial charge on any atom is -0.388 e. The molecule has 3 aromatic rings. The first-order valence-corrected chi connectivity index (χ1v) is 13.9. The Morgan fingerprint density at radius 1 is 1.21 bits per heavy atom. The van der Waals surface area contributed by atoms with Gasteiger partial charge in [0.2, 0.25) is 5.82 Å². The molecule has 1 aliphatic carbocycles. The van der Waals surface area contributed by atoms with Crippen molar-refractivity contribution in [2.75, 3.05) is 13.2 Å². The number of halogens is 1. The molecule has 1 aliphatic heterocycles. The number of nitrogens with zero attached hydrogens (tertiary/aromatic N) is 4. The monoisotopic (exact) mass is 554 g/mol. The Labute approximate surface area is 232 Å². The molecule has 4 N–H and O–H groups in total. The maximum absolute atomic E-state index is 12.0. The van der Waals surface area contributed by atoms with Crippen LogP contribution in [0.15, 0.2) is 24.3 Å². The summed E-state index contributed by atoms with van der Waals surface area (Å²) in [6, 6.07) is 7.23. The Hall–Kier alpha value is -3.08. The van der Waals surface area contributed by atoms with Crippen LogP contribution < -0.4 is 5.73 Å². The van der Waals surface area contributed by atoms with Crippen molar-refractivity contribution in [1.29, 1.82) is 5.41 Å². The number of hydrogen-bond donors (Lipinski definition) is 3. The number of nitrogens with two attached hydrogens (primary N) is 1. The van der Waals surface area contributed by atoms with Crippen molar-refractivity contribution in [2.45, 2.75) is 64.5 Å². The van der Waals surface area contributed by atoms with Gasteiger partial charge in [0, 0.05) is 30.3 Å². The van der Waals surface area contributed by atoms with Crippen LogP contribution in [0.25, 0.3) is 22.4 Å². The largest absolute Gasteiger partial charge is 0.411 e. The molecule has 11 heteroatoms. The Balaban J connectivity index is 1.73. The summed E-state index contributed by atoms with van der Waals surface area (Å²) in [5.41, 5.74) is 6.03. The number of ether oxygens (including phenoxy) is 2. The fourth-order valence-electron chi connectivity index (χ4n) is 5.90. The Kier molecular flexibility index (Phi) is 7.89. The lowest BCUT2D eigenvalue weighted by Crippen LogP contribution is -2.38. The number of primary amides is 1. The highest BCUT2D eigenvalue weighted by molar-refractivity contribution is 6.30. The molecule has 1 unspecified atom stereocenters. The molecule has 1 saturated carbocycles. The van der Waals surface area contributed by atoms with Crippen molar-refractivity contribution < 1.29 is 19.4 Å². The summed E-state index contributed by atoms with van der Waals surface area (Å²) in [4.78, 5) is 25.4. The van der Waals surface area contributed by atoms with Crippen LogP contribution in [-0.2, 0) is 21.6 Å². The molecule has 0 bridgehead atoms. The van der Waals surface area contributed by atoms with Crippen LogP contribution in [0.1, 0.15) is 64.0 Å². The first kappa shape index (κ1) is 27.5. The van der Waals surface area contributed by atoms with Gasteiger partial charge in [-0.05, 0) is 62.5 Å². The predicted octanol–water partition coefficient (Wildman–Crippen LogP) is 5.03. The van der Waals surface area contributed by atoms with E-state index in [9.17, 15) is 9.90 Å². The van der Waals surface area contributed by atoms with Gasteiger partial charge >= 0.3 is 6.09 Å². The van der Waals surface area contributed by atoms with Crippen molar-refractivity contribution >= 4 is 34.8 Å². The number of carbonyl (C=O) groups excluding carboxylic acids is 1. The van der Waals surface area contributed by atoms with Gasteiger partial charge in [-0.2, -0.15) is 0 Å². The molecule has 0 spiro atoms. The smallest absolute Gasteiger partial charge is 0.388 e. The van der Waals surface area contributed by atoms with Gasteiger partial charge in [-0.15, -0.1) is 0 Å². The van der Waals surface area contributed by atoms with Crippen LogP contribution in [0.2, 0.25) is 5.02 Å². The average molecular weight is 555 g/mol. The molecule has 5 rings (SSSR count). The molecule has 2 aliphatic rings. The third kappa shape index (κ3) is 5.78. The van der Waals surface area contributed by atoms with Gasteiger partial charge in [0.25, 0.3) is 5.90 Å². The molecular weight excluding hydrogens is 520 g/mol. The summed E-state index contributed by atoms with van der Waals surface area (Å²) in [6.45, 7) is 5.93. The van der Waals surface area contributed by atoms with Crippen LogP contribution in [0.5, 0.6) is 0 Å². The summed E-state index contributed by atoms with van der Waals surface area (Å²) in [5, 5.41) is 20.8. The van der Waals surface area contributed by atoms with Crippen LogP contribution in [0.4, 0.5) is 4.79 Å². The number of benzene rings is 1. The number of imidazole rings is 1. The summed E-state index contributed by atoms with van der Waals surface area (Å²) in [7, 11) is 0. The van der Waals surface area contributed by atoms with E-state index in [0.29, 0.717) is 77.7 Å². The number of aliphatic hydroxyl groups is 1. The van der Waals surface area contributed by atoms with E-state index in [1.165, 1.54) is 0 Å². The second kappa shape index (κ2) is 11.2. The van der Waals surface area contributed by atoms with Crippen molar-refractivity contribution in [3.8, 4) is 11.3 Å². The minimum absolute atomic E-state index is 0.0493. The lowest BCUT2D eigenvalue weighted by molar-refractivity contribution is -0.0654. The summed E-state index contributed by atoms with van der Waals surface area (Å²) < 4.78 is 12.4. The van der Waals surface area contributed by atoms with E-state index in [0.717, 1.165) is 25.7 Å². The summed E-state index contributed by atoms with van der Waals surface area (Å²) in [6.07, 6.45) is 4.79. The van der Waals surface area contributed by atoms with E-state index >= 15 is 0 Å². The Bertz CT molecular complexity index is 1380. The summed E-state index contributed by atoms with van der Waals surface area (Å²) >= 11 is 6.36. The normalized spacial score (nSPS) is 21.9. The fourth-order valence-corrected chi connectivity index (χ4v) is 6.09. The number of hydrogen-bond acceptors (Lipinski definition) is 8. The van der Waals surface area contributed by atoms with Crippen molar-refractivity contribution in [1.82, 2.24) is 19.5 Å². The number of fused-ring (bicyclic) bond motifs is 1. The number of carbonyl (C=O) groups is 1. The number of nitrogens with one attached hydrogen (secondary N) is 1. The van der Waals surface area contributed by atoms with Crippen LogP contribution in [0.3, 0.4) is 0 Å². The molecule has 1 saturated heterocycles. The zero-order valence-electron chi connectivity index (χ0n) is 22.3. The number of rotatable bonds is 6. The number of aromatic nitrogens is 4. The van der Waals surface area contributed by atoms with Gasteiger partial charge in [-0.1, -0.05) is 43.5 Å². The van der Waals surface area contributed by atoms with E-state index in [2.05, 4.69) is 21.5 Å². The first-order chi connectivity index (χ1) is 18.6. The second-order valence-electron chi connectivity index (χ2n) is 11.0. The highest BCUT2D eigenvalue weighted by atomic mass is 35.5. The van der Waals surface area contributed by atoms with Gasteiger partial charge in [-0.25, -0.2) is 19.7 Å². The Morgan fingerprint density at radius 2 is 1.92 bits per heavy atom. The molecule has 2 aromatic heterocycles. The highest BCUT2D eigenvalue weighted by Crippen LogP contribution is 2.40. The molecule has 1 atom stereocenters. The SMILES string of the molecule is CC(O)(c1nc2nc(C(=N)OC(N)=O)nc(-c3cccc(Cl)c3)c2n1C[C@H]1CC[C@H](C)CC1)C1CCOCC1. The van der Waals surface area contributed by atoms with Crippen LogP contribution in [-0.4, -0.2) is 49.8 Å². The summed E-state index contributed by atoms with van der Waals surface area (Å²) in [5.74, 6) is 0.860. The average Bonchev–Trinajstić information content (AvgIpc) is 3.28. The standard InChI is InChI=1S/C28H35ClN6O4/c1-16-6-8-17(9-7-16)15-35-22-21(18-4-3-5-20(29)14-18)32-25(23(30)39-27(31)36)33-24(22)34-26(35)28(2,37)19-10-12-38-13-11-19/h3-5,14,16-17,19,30,37H,6-13,15H2,1-2H3,(H2,31,36)/t16-,17-,28?. The van der Waals surface area contributed by atoms with Gasteiger partial charge < -0.3 is 24.9 Å². The first-order valence-electron chi connectivity index (χ1n) is 13.5. The van der Waals surface area contributed by atoms with E-state index in [4.69, 9.17) is 37.2 Å². The Morgan fingerprint density at radius 3 is 2.59 bits per heavy atom. The third-order valence-corrected chi connectivity index (χ3v) is 8.39. The van der Waals surface area contributed by atoms with E-state index in [-0.39, 0.29) is 11.7 Å². The van der Waals surface area contributed by atoms with Gasteiger partial charge in [0.15, 0.2) is 5.65 Å². The van der Waals surface area contributed by atoms with Crippen molar-refractivity contribution in [3.05, 3.63) is 40.9 Å². The lowest BCUT2D eigenvalue weighted by atomic mass is 9.81.